The van der Waals surface area contributed by atoms with Gasteiger partial charge in [0.25, 0.3) is 5.56 Å². The summed E-state index contributed by atoms with van der Waals surface area (Å²) in [7, 11) is 1.43. The first-order valence-electron chi connectivity index (χ1n) is 5.39. The van der Waals surface area contributed by atoms with Gasteiger partial charge >= 0.3 is 5.69 Å². The summed E-state index contributed by atoms with van der Waals surface area (Å²) < 4.78 is 28.1. The van der Waals surface area contributed by atoms with E-state index in [-0.39, 0.29) is 17.8 Å². The molecular formula is C12H11F2N3O2. The average molecular weight is 267 g/mol. The summed E-state index contributed by atoms with van der Waals surface area (Å²) >= 11 is 0. The van der Waals surface area contributed by atoms with Crippen molar-refractivity contribution in [2.24, 2.45) is 7.05 Å². The maximum Gasteiger partial charge on any atom is 0.331 e. The molecule has 0 saturated heterocycles. The molecule has 1 aromatic heterocycles. The predicted octanol–water partition coefficient (Wildman–Crippen LogP) is 0.456. The van der Waals surface area contributed by atoms with E-state index in [0.29, 0.717) is 6.07 Å². The van der Waals surface area contributed by atoms with Crippen molar-refractivity contribution in [3.05, 3.63) is 62.4 Å². The Kier molecular flexibility index (Phi) is 3.20. The highest BCUT2D eigenvalue weighted by molar-refractivity contribution is 5.31. The van der Waals surface area contributed by atoms with Gasteiger partial charge in [-0.05, 0) is 17.7 Å². The second kappa shape index (κ2) is 4.68. The third-order valence-electron chi connectivity index (χ3n) is 2.62. The molecule has 0 amide bonds. The minimum atomic E-state index is -0.774. The summed E-state index contributed by atoms with van der Waals surface area (Å²) in [5, 5.41) is 0. The van der Waals surface area contributed by atoms with Crippen LogP contribution in [0.4, 0.5) is 14.5 Å². The number of anilines is 1. The summed E-state index contributed by atoms with van der Waals surface area (Å²) in [6, 6.07) is 2.82. The lowest BCUT2D eigenvalue weighted by atomic mass is 10.2. The monoisotopic (exact) mass is 267 g/mol. The van der Waals surface area contributed by atoms with Crippen LogP contribution >= 0.6 is 0 Å². The molecule has 0 aliphatic carbocycles. The molecule has 0 radical (unpaired) electrons. The van der Waals surface area contributed by atoms with Crippen LogP contribution in [0.2, 0.25) is 0 Å². The van der Waals surface area contributed by atoms with Crippen LogP contribution in [0.25, 0.3) is 0 Å². The number of nitrogens with zero attached hydrogens (tertiary/aromatic N) is 2. The van der Waals surface area contributed by atoms with E-state index in [4.69, 9.17) is 5.73 Å². The molecule has 0 unspecified atom stereocenters. The van der Waals surface area contributed by atoms with Gasteiger partial charge in [0.15, 0.2) is 0 Å². The molecule has 19 heavy (non-hydrogen) atoms. The van der Waals surface area contributed by atoms with Crippen molar-refractivity contribution in [3.63, 3.8) is 0 Å². The smallest absolute Gasteiger partial charge is 0.331 e. The highest BCUT2D eigenvalue weighted by Crippen LogP contribution is 2.08. The van der Waals surface area contributed by atoms with Gasteiger partial charge in [-0.3, -0.25) is 9.36 Å². The number of nitrogen functional groups attached to an aromatic ring is 1. The van der Waals surface area contributed by atoms with Crippen LogP contribution in [0.3, 0.4) is 0 Å². The van der Waals surface area contributed by atoms with E-state index in [1.165, 1.54) is 13.2 Å². The zero-order chi connectivity index (χ0) is 14.2. The highest BCUT2D eigenvalue weighted by Gasteiger charge is 2.09. The Balaban J connectivity index is 2.55. The molecule has 0 bridgehead atoms. The molecule has 2 N–H and O–H groups in total. The standard InChI is InChI=1S/C12H11F2N3O2/c1-16-6-10(15)11(18)17(12(16)19)5-7-2-8(13)4-9(14)3-7/h2-4,6H,5,15H2,1H3. The molecular weight excluding hydrogens is 256 g/mol. The van der Waals surface area contributed by atoms with E-state index < -0.39 is 22.9 Å². The van der Waals surface area contributed by atoms with Crippen molar-refractivity contribution >= 4 is 5.69 Å². The maximum atomic E-state index is 13.1. The molecule has 2 aromatic rings. The number of halogens is 2. The number of aryl methyl sites for hydroxylation is 1. The third kappa shape index (κ3) is 2.54. The number of hydrogen-bond donors (Lipinski definition) is 1. The molecule has 0 atom stereocenters. The molecule has 0 aliphatic heterocycles. The Hall–Kier alpha value is -2.44. The highest BCUT2D eigenvalue weighted by atomic mass is 19.1. The molecule has 0 saturated carbocycles. The van der Waals surface area contributed by atoms with Gasteiger partial charge in [0.2, 0.25) is 0 Å². The Morgan fingerprint density at radius 1 is 1.16 bits per heavy atom. The van der Waals surface area contributed by atoms with Crippen LogP contribution in [-0.4, -0.2) is 9.13 Å². The summed E-state index contributed by atoms with van der Waals surface area (Å²) in [6.07, 6.45) is 1.20. The molecule has 100 valence electrons. The second-order valence-corrected chi connectivity index (χ2v) is 4.15. The first kappa shape index (κ1) is 13.0. The van der Waals surface area contributed by atoms with E-state index in [2.05, 4.69) is 0 Å². The van der Waals surface area contributed by atoms with Crippen molar-refractivity contribution in [3.8, 4) is 0 Å². The summed E-state index contributed by atoms with van der Waals surface area (Å²) in [5.74, 6) is -1.55. The van der Waals surface area contributed by atoms with E-state index in [1.807, 2.05) is 0 Å². The molecule has 2 rings (SSSR count). The number of rotatable bonds is 2. The third-order valence-corrected chi connectivity index (χ3v) is 2.62. The maximum absolute atomic E-state index is 13.1. The van der Waals surface area contributed by atoms with E-state index >= 15 is 0 Å². The van der Waals surface area contributed by atoms with Crippen LogP contribution in [0, 0.1) is 11.6 Å². The first-order chi connectivity index (χ1) is 8.88. The van der Waals surface area contributed by atoms with Gasteiger partial charge in [0.05, 0.1) is 6.54 Å². The summed E-state index contributed by atoms with van der Waals surface area (Å²) in [5.41, 5.74) is 4.22. The van der Waals surface area contributed by atoms with Crippen molar-refractivity contribution in [1.82, 2.24) is 9.13 Å². The van der Waals surface area contributed by atoms with Gasteiger partial charge in [-0.25, -0.2) is 13.6 Å². The van der Waals surface area contributed by atoms with Gasteiger partial charge in [0.1, 0.15) is 17.3 Å². The molecule has 5 nitrogen and oxygen atoms in total. The quantitative estimate of drug-likeness (QED) is 0.859. The number of hydrogen-bond acceptors (Lipinski definition) is 3. The van der Waals surface area contributed by atoms with Crippen LogP contribution in [0.1, 0.15) is 5.56 Å². The molecule has 7 heteroatoms. The van der Waals surface area contributed by atoms with Crippen LogP contribution in [0.5, 0.6) is 0 Å². The second-order valence-electron chi connectivity index (χ2n) is 4.15. The van der Waals surface area contributed by atoms with Gasteiger partial charge in [-0.2, -0.15) is 0 Å². The fourth-order valence-electron chi connectivity index (χ4n) is 1.78. The van der Waals surface area contributed by atoms with Crippen LogP contribution < -0.4 is 17.0 Å². The number of nitrogens with two attached hydrogens (primary N) is 1. The van der Waals surface area contributed by atoms with Crippen LogP contribution in [0.15, 0.2) is 34.0 Å². The molecule has 0 aliphatic rings. The van der Waals surface area contributed by atoms with E-state index in [9.17, 15) is 18.4 Å². The van der Waals surface area contributed by atoms with Crippen molar-refractivity contribution in [2.45, 2.75) is 6.54 Å². The van der Waals surface area contributed by atoms with Crippen LogP contribution in [-0.2, 0) is 13.6 Å². The van der Waals surface area contributed by atoms with Gasteiger partial charge < -0.3 is 10.3 Å². The fraction of sp³-hybridized carbons (Fsp3) is 0.167. The lowest BCUT2D eigenvalue weighted by Gasteiger charge is -2.08. The Labute approximate surface area is 106 Å². The van der Waals surface area contributed by atoms with Crippen molar-refractivity contribution < 1.29 is 8.78 Å². The van der Waals surface area contributed by atoms with Gasteiger partial charge in [-0.1, -0.05) is 0 Å². The minimum Gasteiger partial charge on any atom is -0.393 e. The number of benzene rings is 1. The molecule has 1 aromatic carbocycles. The zero-order valence-corrected chi connectivity index (χ0v) is 10.1. The first-order valence-corrected chi connectivity index (χ1v) is 5.39. The lowest BCUT2D eigenvalue weighted by molar-refractivity contribution is 0.573. The van der Waals surface area contributed by atoms with E-state index in [0.717, 1.165) is 21.3 Å². The normalized spacial score (nSPS) is 10.7. The summed E-state index contributed by atoms with van der Waals surface area (Å²) in [4.78, 5) is 23.6. The molecule has 0 fully saturated rings. The predicted molar refractivity (Wildman–Crippen MR) is 65.8 cm³/mol. The Bertz CT molecular complexity index is 695. The lowest BCUT2D eigenvalue weighted by Crippen LogP contribution is -2.40. The Morgan fingerprint density at radius 3 is 2.32 bits per heavy atom. The number of aromatic nitrogens is 2. The zero-order valence-electron chi connectivity index (χ0n) is 10.1. The van der Waals surface area contributed by atoms with Gasteiger partial charge in [0, 0.05) is 19.3 Å². The summed E-state index contributed by atoms with van der Waals surface area (Å²) in [6.45, 7) is -0.245. The topological polar surface area (TPSA) is 70.0 Å². The van der Waals surface area contributed by atoms with E-state index in [1.54, 1.807) is 0 Å². The largest absolute Gasteiger partial charge is 0.393 e. The minimum absolute atomic E-state index is 0.112. The van der Waals surface area contributed by atoms with Gasteiger partial charge in [-0.15, -0.1) is 0 Å². The Morgan fingerprint density at radius 2 is 1.74 bits per heavy atom. The van der Waals surface area contributed by atoms with Crippen molar-refractivity contribution in [1.29, 1.82) is 0 Å². The molecule has 1 heterocycles. The molecule has 0 spiro atoms. The SMILES string of the molecule is Cn1cc(N)c(=O)n(Cc2cc(F)cc(F)c2)c1=O. The fourth-order valence-corrected chi connectivity index (χ4v) is 1.78. The average Bonchev–Trinajstić information content (AvgIpc) is 2.31. The van der Waals surface area contributed by atoms with Crippen molar-refractivity contribution in [2.75, 3.05) is 5.73 Å².